The quantitative estimate of drug-likeness (QED) is 0.690. The SMILES string of the molecule is C/C=C/c1nc(C)cc(N(C)C)n1. The van der Waals surface area contributed by atoms with E-state index in [9.17, 15) is 0 Å². The van der Waals surface area contributed by atoms with Crippen LogP contribution in [0.5, 0.6) is 0 Å². The van der Waals surface area contributed by atoms with Crippen LogP contribution in [0.2, 0.25) is 0 Å². The zero-order valence-corrected chi connectivity index (χ0v) is 8.57. The first kappa shape index (κ1) is 9.71. The minimum atomic E-state index is 0.770. The van der Waals surface area contributed by atoms with Crippen molar-refractivity contribution in [1.82, 2.24) is 9.97 Å². The zero-order valence-electron chi connectivity index (χ0n) is 8.57. The van der Waals surface area contributed by atoms with Gasteiger partial charge >= 0.3 is 0 Å². The second-order valence-corrected chi connectivity index (χ2v) is 3.12. The van der Waals surface area contributed by atoms with Crippen molar-refractivity contribution in [3.05, 3.63) is 23.7 Å². The van der Waals surface area contributed by atoms with Crippen LogP contribution in [0.25, 0.3) is 6.08 Å². The summed E-state index contributed by atoms with van der Waals surface area (Å²) in [7, 11) is 3.95. The Morgan fingerprint density at radius 2 is 2.00 bits per heavy atom. The molecule has 0 unspecified atom stereocenters. The lowest BCUT2D eigenvalue weighted by Crippen LogP contribution is -2.12. The monoisotopic (exact) mass is 177 g/mol. The van der Waals surface area contributed by atoms with Gasteiger partial charge < -0.3 is 4.90 Å². The zero-order chi connectivity index (χ0) is 9.84. The molecule has 3 nitrogen and oxygen atoms in total. The Morgan fingerprint density at radius 3 is 2.54 bits per heavy atom. The summed E-state index contributed by atoms with van der Waals surface area (Å²) in [5, 5.41) is 0. The lowest BCUT2D eigenvalue weighted by atomic mass is 10.4. The van der Waals surface area contributed by atoms with Crippen molar-refractivity contribution in [3.8, 4) is 0 Å². The van der Waals surface area contributed by atoms with Crippen molar-refractivity contribution in [3.63, 3.8) is 0 Å². The lowest BCUT2D eigenvalue weighted by molar-refractivity contribution is 1.00. The molecule has 1 heterocycles. The summed E-state index contributed by atoms with van der Waals surface area (Å²) >= 11 is 0. The molecule has 13 heavy (non-hydrogen) atoms. The van der Waals surface area contributed by atoms with E-state index in [1.807, 2.05) is 51.1 Å². The minimum absolute atomic E-state index is 0.770. The second-order valence-electron chi connectivity index (χ2n) is 3.12. The first-order chi connectivity index (χ1) is 6.13. The Morgan fingerprint density at radius 1 is 1.31 bits per heavy atom. The molecule has 0 spiro atoms. The molecule has 0 saturated heterocycles. The van der Waals surface area contributed by atoms with Crippen LogP contribution in [-0.4, -0.2) is 24.1 Å². The summed E-state index contributed by atoms with van der Waals surface area (Å²) in [4.78, 5) is 10.6. The van der Waals surface area contributed by atoms with Crippen molar-refractivity contribution >= 4 is 11.9 Å². The van der Waals surface area contributed by atoms with E-state index in [-0.39, 0.29) is 0 Å². The van der Waals surface area contributed by atoms with E-state index in [1.165, 1.54) is 0 Å². The normalized spacial score (nSPS) is 10.8. The number of rotatable bonds is 2. The number of hydrogen-bond acceptors (Lipinski definition) is 3. The average Bonchev–Trinajstić information content (AvgIpc) is 2.03. The first-order valence-electron chi connectivity index (χ1n) is 4.29. The number of nitrogens with zero attached hydrogens (tertiary/aromatic N) is 3. The van der Waals surface area contributed by atoms with E-state index < -0.39 is 0 Å². The third-order valence-corrected chi connectivity index (χ3v) is 1.63. The van der Waals surface area contributed by atoms with Gasteiger partial charge in [0.2, 0.25) is 0 Å². The third kappa shape index (κ3) is 2.54. The summed E-state index contributed by atoms with van der Waals surface area (Å²) in [5.41, 5.74) is 0.992. The molecule has 0 amide bonds. The standard InChI is InChI=1S/C10H15N3/c1-5-6-9-11-8(2)7-10(12-9)13(3)4/h5-7H,1-4H3/b6-5+. The average molecular weight is 177 g/mol. The molecule has 0 saturated carbocycles. The van der Waals surface area contributed by atoms with Crippen molar-refractivity contribution in [2.45, 2.75) is 13.8 Å². The lowest BCUT2D eigenvalue weighted by Gasteiger charge is -2.11. The Bertz CT molecular complexity index is 316. The van der Waals surface area contributed by atoms with Crippen LogP contribution in [0.15, 0.2) is 12.1 Å². The van der Waals surface area contributed by atoms with Crippen molar-refractivity contribution in [1.29, 1.82) is 0 Å². The van der Waals surface area contributed by atoms with Gasteiger partial charge in [0.15, 0.2) is 5.82 Å². The van der Waals surface area contributed by atoms with Crippen LogP contribution in [-0.2, 0) is 0 Å². The summed E-state index contributed by atoms with van der Waals surface area (Å²) in [6, 6.07) is 1.97. The Hall–Kier alpha value is -1.38. The van der Waals surface area contributed by atoms with Gasteiger partial charge in [0, 0.05) is 25.9 Å². The molecule has 0 fully saturated rings. The summed E-state index contributed by atoms with van der Waals surface area (Å²) in [6.07, 6.45) is 3.84. The van der Waals surface area contributed by atoms with E-state index in [2.05, 4.69) is 9.97 Å². The van der Waals surface area contributed by atoms with Gasteiger partial charge in [-0.25, -0.2) is 9.97 Å². The predicted molar refractivity (Wildman–Crippen MR) is 55.8 cm³/mol. The van der Waals surface area contributed by atoms with Gasteiger partial charge in [-0.05, 0) is 19.9 Å². The smallest absolute Gasteiger partial charge is 0.154 e. The predicted octanol–water partition coefficient (Wildman–Crippen LogP) is 1.88. The van der Waals surface area contributed by atoms with Crippen LogP contribution in [0.4, 0.5) is 5.82 Å². The number of hydrogen-bond donors (Lipinski definition) is 0. The van der Waals surface area contributed by atoms with Gasteiger partial charge in [-0.3, -0.25) is 0 Å². The van der Waals surface area contributed by atoms with Crippen LogP contribution in [0.1, 0.15) is 18.4 Å². The number of aryl methyl sites for hydroxylation is 1. The molecule has 0 aliphatic heterocycles. The largest absolute Gasteiger partial charge is 0.363 e. The summed E-state index contributed by atoms with van der Waals surface area (Å²) in [6.45, 7) is 3.93. The van der Waals surface area contributed by atoms with Gasteiger partial charge in [-0.15, -0.1) is 0 Å². The first-order valence-corrected chi connectivity index (χ1v) is 4.29. The fourth-order valence-electron chi connectivity index (χ4n) is 1.03. The highest BCUT2D eigenvalue weighted by Crippen LogP contribution is 2.09. The molecule has 0 N–H and O–H groups in total. The van der Waals surface area contributed by atoms with Gasteiger partial charge in [-0.1, -0.05) is 6.08 Å². The van der Waals surface area contributed by atoms with Gasteiger partial charge in [0.05, 0.1) is 0 Å². The molecule has 1 aromatic rings. The topological polar surface area (TPSA) is 29.0 Å². The maximum absolute atomic E-state index is 4.35. The molecule has 0 atom stereocenters. The number of allylic oxidation sites excluding steroid dienone is 1. The summed E-state index contributed by atoms with van der Waals surface area (Å²) in [5.74, 6) is 1.71. The fourth-order valence-corrected chi connectivity index (χ4v) is 1.03. The highest BCUT2D eigenvalue weighted by Gasteiger charge is 2.00. The van der Waals surface area contributed by atoms with Gasteiger partial charge in [0.1, 0.15) is 5.82 Å². The number of aromatic nitrogens is 2. The number of anilines is 1. The van der Waals surface area contributed by atoms with Gasteiger partial charge in [0.25, 0.3) is 0 Å². The van der Waals surface area contributed by atoms with Crippen molar-refractivity contribution in [2.75, 3.05) is 19.0 Å². The maximum Gasteiger partial charge on any atom is 0.154 e. The van der Waals surface area contributed by atoms with E-state index in [4.69, 9.17) is 0 Å². The molecule has 0 aliphatic carbocycles. The molecule has 0 aromatic carbocycles. The highest BCUT2D eigenvalue weighted by molar-refractivity contribution is 5.46. The minimum Gasteiger partial charge on any atom is -0.363 e. The maximum atomic E-state index is 4.35. The van der Waals surface area contributed by atoms with E-state index in [0.717, 1.165) is 17.3 Å². The Labute approximate surface area is 79.1 Å². The van der Waals surface area contributed by atoms with Crippen LogP contribution in [0, 0.1) is 6.92 Å². The summed E-state index contributed by atoms with van der Waals surface area (Å²) < 4.78 is 0. The van der Waals surface area contributed by atoms with E-state index in [1.54, 1.807) is 0 Å². The van der Waals surface area contributed by atoms with E-state index in [0.29, 0.717) is 0 Å². The van der Waals surface area contributed by atoms with Crippen LogP contribution < -0.4 is 4.90 Å². The molecule has 1 rings (SSSR count). The Kier molecular flexibility index (Phi) is 3.01. The van der Waals surface area contributed by atoms with Crippen molar-refractivity contribution < 1.29 is 0 Å². The molecular weight excluding hydrogens is 162 g/mol. The van der Waals surface area contributed by atoms with Crippen LogP contribution >= 0.6 is 0 Å². The fraction of sp³-hybridized carbons (Fsp3) is 0.400. The van der Waals surface area contributed by atoms with Crippen LogP contribution in [0.3, 0.4) is 0 Å². The third-order valence-electron chi connectivity index (χ3n) is 1.63. The highest BCUT2D eigenvalue weighted by atomic mass is 15.1. The molecule has 0 aliphatic rings. The van der Waals surface area contributed by atoms with Crippen molar-refractivity contribution in [2.24, 2.45) is 0 Å². The van der Waals surface area contributed by atoms with E-state index >= 15 is 0 Å². The molecule has 0 radical (unpaired) electrons. The molecule has 70 valence electrons. The molecule has 0 bridgehead atoms. The Balaban J connectivity index is 3.11. The van der Waals surface area contributed by atoms with Gasteiger partial charge in [-0.2, -0.15) is 0 Å². The molecule has 1 aromatic heterocycles. The molecular formula is C10H15N3. The second kappa shape index (κ2) is 4.03. The molecule has 3 heteroatoms.